The molecule has 10 heteroatoms. The van der Waals surface area contributed by atoms with Crippen LogP contribution in [-0.4, -0.2) is 39.2 Å². The first-order valence-corrected chi connectivity index (χ1v) is 13.6. The number of H-pyrrole nitrogens is 1. The highest BCUT2D eigenvalue weighted by Gasteiger charge is 2.19. The number of aliphatic carboxylic acids is 2. The molecule has 0 aliphatic rings. The van der Waals surface area contributed by atoms with Crippen LogP contribution >= 0.6 is 0 Å². The number of hydrogen-bond donors (Lipinski definition) is 3. The number of pyridine rings is 2. The molecule has 4 aromatic rings. The Balaban J connectivity index is 0.000000236. The number of carboxylic acid groups (broad SMARTS) is 2. The summed E-state index contributed by atoms with van der Waals surface area (Å²) in [5.41, 5.74) is 4.41. The average molecular weight is 593 g/mol. The van der Waals surface area contributed by atoms with E-state index in [2.05, 4.69) is 9.97 Å². The minimum absolute atomic E-state index is 0.0178. The number of halogens is 2. The van der Waals surface area contributed by atoms with E-state index in [1.165, 1.54) is 43.6 Å². The minimum atomic E-state index is -0.991. The molecule has 0 saturated carbocycles. The van der Waals surface area contributed by atoms with Crippen LogP contribution in [-0.2, 0) is 22.4 Å². The van der Waals surface area contributed by atoms with Crippen molar-refractivity contribution in [1.82, 2.24) is 9.97 Å². The van der Waals surface area contributed by atoms with Crippen molar-refractivity contribution >= 4 is 11.9 Å². The molecule has 2 heterocycles. The molecule has 0 unspecified atom stereocenters. The number of ether oxygens (including phenoxy) is 1. The molecule has 4 rings (SSSR count). The average Bonchev–Trinajstić information content (AvgIpc) is 2.94. The summed E-state index contributed by atoms with van der Waals surface area (Å²) in [6.07, 6.45) is 2.64. The zero-order valence-electron chi connectivity index (χ0n) is 24.6. The molecule has 0 aliphatic heterocycles. The third kappa shape index (κ3) is 8.57. The summed E-state index contributed by atoms with van der Waals surface area (Å²) >= 11 is 0. The van der Waals surface area contributed by atoms with Crippen molar-refractivity contribution in [3.8, 4) is 28.1 Å². The summed E-state index contributed by atoms with van der Waals surface area (Å²) in [6.45, 7) is 7.58. The Bertz CT molecular complexity index is 1680. The number of nitrogens with zero attached hydrogens (tertiary/aromatic N) is 1. The van der Waals surface area contributed by atoms with E-state index >= 15 is 0 Å². The molecular formula is C33H34F2N2O6. The highest BCUT2D eigenvalue weighted by Crippen LogP contribution is 2.33. The summed E-state index contributed by atoms with van der Waals surface area (Å²) in [7, 11) is 1.50. The van der Waals surface area contributed by atoms with Gasteiger partial charge in [0.15, 0.2) is 0 Å². The number of benzene rings is 2. The monoisotopic (exact) mass is 592 g/mol. The van der Waals surface area contributed by atoms with Gasteiger partial charge in [-0.3, -0.25) is 14.4 Å². The fourth-order valence-electron chi connectivity index (χ4n) is 4.86. The third-order valence-electron chi connectivity index (χ3n) is 6.74. The number of nitrogens with one attached hydrogen (secondary N) is 1. The topological polar surface area (TPSA) is 130 Å². The number of hydrogen-bond acceptors (Lipinski definition) is 5. The van der Waals surface area contributed by atoms with Crippen molar-refractivity contribution < 1.29 is 33.3 Å². The van der Waals surface area contributed by atoms with Crippen LogP contribution in [0.25, 0.3) is 22.3 Å². The van der Waals surface area contributed by atoms with Crippen LogP contribution in [0, 0.1) is 11.6 Å². The second-order valence-corrected chi connectivity index (χ2v) is 10.5. The number of aromatic amines is 1. The molecule has 2 aromatic heterocycles. The molecule has 2 aromatic carbocycles. The van der Waals surface area contributed by atoms with Crippen molar-refractivity contribution in [2.45, 2.75) is 52.4 Å². The standard InChI is InChI=1S/C17H18FNO3.C16H16FNO3/c1-10(2)13-7-12(18)8-14(15(13)9-17(20)21)11-4-5-19-16(6-11)22-3;1-9(2)12-6-11(17)7-13(14(12)8-16(20)21)10-3-4-18-15(19)5-10/h4-8,10H,9H2,1-3H3,(H,20,21);3-7,9H,8H2,1-2H3,(H,18,19)(H,20,21). The number of aromatic nitrogens is 2. The van der Waals surface area contributed by atoms with Gasteiger partial charge in [0.05, 0.1) is 20.0 Å². The van der Waals surface area contributed by atoms with Gasteiger partial charge in [-0.25, -0.2) is 13.8 Å². The first-order valence-electron chi connectivity index (χ1n) is 13.6. The van der Waals surface area contributed by atoms with E-state index < -0.39 is 17.8 Å². The second kappa shape index (κ2) is 14.4. The van der Waals surface area contributed by atoms with E-state index in [4.69, 9.17) is 9.84 Å². The molecule has 0 spiro atoms. The maximum absolute atomic E-state index is 14.0. The number of rotatable bonds is 9. The van der Waals surface area contributed by atoms with Crippen LogP contribution in [0.15, 0.2) is 65.7 Å². The van der Waals surface area contributed by atoms with E-state index in [9.17, 15) is 28.3 Å². The molecule has 0 bridgehead atoms. The molecular weight excluding hydrogens is 558 g/mol. The lowest BCUT2D eigenvalue weighted by atomic mass is 9.88. The maximum Gasteiger partial charge on any atom is 0.307 e. The molecule has 3 N–H and O–H groups in total. The van der Waals surface area contributed by atoms with Gasteiger partial charge in [0.1, 0.15) is 11.6 Å². The second-order valence-electron chi connectivity index (χ2n) is 10.5. The fourth-order valence-corrected chi connectivity index (χ4v) is 4.86. The van der Waals surface area contributed by atoms with E-state index in [-0.39, 0.29) is 36.1 Å². The number of carboxylic acids is 2. The fraction of sp³-hybridized carbons (Fsp3) is 0.273. The predicted octanol–water partition coefficient (Wildman–Crippen LogP) is 6.58. The molecule has 0 radical (unpaired) electrons. The first kappa shape index (κ1) is 32.7. The lowest BCUT2D eigenvalue weighted by molar-refractivity contribution is -0.137. The van der Waals surface area contributed by atoms with Crippen molar-refractivity contribution in [2.75, 3.05) is 7.11 Å². The smallest absolute Gasteiger partial charge is 0.307 e. The van der Waals surface area contributed by atoms with Crippen molar-refractivity contribution in [2.24, 2.45) is 0 Å². The van der Waals surface area contributed by atoms with E-state index in [1.807, 2.05) is 27.7 Å². The van der Waals surface area contributed by atoms with Gasteiger partial charge in [-0.1, -0.05) is 27.7 Å². The van der Waals surface area contributed by atoms with Gasteiger partial charge < -0.3 is 19.9 Å². The molecule has 0 aliphatic carbocycles. The zero-order chi connectivity index (χ0) is 31.8. The van der Waals surface area contributed by atoms with Gasteiger partial charge in [0, 0.05) is 24.5 Å². The SMILES string of the molecule is CC(C)c1cc(F)cc(-c2cc[nH]c(=O)c2)c1CC(=O)O.COc1cc(-c2cc(F)cc(C(C)C)c2CC(=O)O)ccn1. The Morgan fingerprint density at radius 1 is 0.814 bits per heavy atom. The lowest BCUT2D eigenvalue weighted by Gasteiger charge is -2.17. The Hall–Kier alpha value is -4.86. The number of carbonyl (C=O) groups is 2. The maximum atomic E-state index is 14.0. The van der Waals surface area contributed by atoms with Crippen LogP contribution in [0.1, 0.15) is 61.8 Å². The van der Waals surface area contributed by atoms with Crippen LogP contribution in [0.5, 0.6) is 5.88 Å². The van der Waals surface area contributed by atoms with Crippen LogP contribution in [0.3, 0.4) is 0 Å². The molecule has 0 atom stereocenters. The molecule has 226 valence electrons. The van der Waals surface area contributed by atoms with E-state index in [1.54, 1.807) is 24.4 Å². The van der Waals surface area contributed by atoms with E-state index in [0.717, 1.165) is 0 Å². The molecule has 43 heavy (non-hydrogen) atoms. The van der Waals surface area contributed by atoms with Crippen LogP contribution in [0.4, 0.5) is 8.78 Å². The zero-order valence-corrected chi connectivity index (χ0v) is 24.6. The summed E-state index contributed by atoms with van der Waals surface area (Å²) < 4.78 is 32.9. The quantitative estimate of drug-likeness (QED) is 0.200. The first-order chi connectivity index (χ1) is 20.3. The highest BCUT2D eigenvalue weighted by atomic mass is 19.1. The molecule has 8 nitrogen and oxygen atoms in total. The minimum Gasteiger partial charge on any atom is -0.481 e. The van der Waals surface area contributed by atoms with Gasteiger partial charge in [0.2, 0.25) is 11.4 Å². The summed E-state index contributed by atoms with van der Waals surface area (Å²) in [5.74, 6) is -2.37. The van der Waals surface area contributed by atoms with Crippen LogP contribution < -0.4 is 10.3 Å². The Labute approximate surface area is 248 Å². The van der Waals surface area contributed by atoms with Crippen molar-refractivity contribution in [3.05, 3.63) is 105 Å². The van der Waals surface area contributed by atoms with Gasteiger partial charge in [-0.15, -0.1) is 0 Å². The number of methoxy groups -OCH3 is 1. The van der Waals surface area contributed by atoms with Gasteiger partial charge >= 0.3 is 11.9 Å². The molecule has 0 fully saturated rings. The van der Waals surface area contributed by atoms with Gasteiger partial charge in [-0.05, 0) is 92.7 Å². The summed E-state index contributed by atoms with van der Waals surface area (Å²) in [6, 6.07) is 11.8. The summed E-state index contributed by atoms with van der Waals surface area (Å²) in [4.78, 5) is 40.3. The third-order valence-corrected chi connectivity index (χ3v) is 6.74. The Kier molecular flexibility index (Phi) is 10.9. The molecule has 0 saturated heterocycles. The largest absolute Gasteiger partial charge is 0.481 e. The van der Waals surface area contributed by atoms with Gasteiger partial charge in [0.25, 0.3) is 0 Å². The highest BCUT2D eigenvalue weighted by molar-refractivity contribution is 5.79. The Morgan fingerprint density at radius 2 is 1.30 bits per heavy atom. The normalized spacial score (nSPS) is 10.8. The van der Waals surface area contributed by atoms with E-state index in [0.29, 0.717) is 50.4 Å². The predicted molar refractivity (Wildman–Crippen MR) is 159 cm³/mol. The Morgan fingerprint density at radius 3 is 1.72 bits per heavy atom. The lowest BCUT2D eigenvalue weighted by Crippen LogP contribution is -2.09. The van der Waals surface area contributed by atoms with Gasteiger partial charge in [-0.2, -0.15) is 0 Å². The van der Waals surface area contributed by atoms with Crippen molar-refractivity contribution in [3.63, 3.8) is 0 Å². The molecule has 0 amide bonds. The summed E-state index contributed by atoms with van der Waals surface area (Å²) in [5, 5.41) is 18.3. The van der Waals surface area contributed by atoms with Crippen molar-refractivity contribution in [1.29, 1.82) is 0 Å². The van der Waals surface area contributed by atoms with Crippen LogP contribution in [0.2, 0.25) is 0 Å².